The van der Waals surface area contributed by atoms with E-state index in [9.17, 15) is 14.4 Å². The van der Waals surface area contributed by atoms with E-state index >= 15 is 0 Å². The zero-order chi connectivity index (χ0) is 23.5. The van der Waals surface area contributed by atoms with Gasteiger partial charge in [0.1, 0.15) is 0 Å². The van der Waals surface area contributed by atoms with Gasteiger partial charge in [-0.3, -0.25) is 19.0 Å². The first kappa shape index (κ1) is 23.5. The zero-order valence-corrected chi connectivity index (χ0v) is 19.9. The maximum absolute atomic E-state index is 13.1. The van der Waals surface area contributed by atoms with E-state index in [-0.39, 0.29) is 30.2 Å². The van der Waals surface area contributed by atoms with E-state index in [4.69, 9.17) is 23.2 Å². The van der Waals surface area contributed by atoms with Crippen LogP contribution in [-0.4, -0.2) is 39.2 Å². The zero-order valence-electron chi connectivity index (χ0n) is 18.4. The maximum Gasteiger partial charge on any atom is 0.261 e. The van der Waals surface area contributed by atoms with Crippen molar-refractivity contribution in [2.45, 2.75) is 45.1 Å². The molecule has 3 aromatic rings. The van der Waals surface area contributed by atoms with Crippen molar-refractivity contribution >= 4 is 45.8 Å². The fourth-order valence-electron chi connectivity index (χ4n) is 4.32. The molecule has 2 heterocycles. The summed E-state index contributed by atoms with van der Waals surface area (Å²) in [4.78, 5) is 43.4. The van der Waals surface area contributed by atoms with Gasteiger partial charge in [-0.25, -0.2) is 4.98 Å². The highest BCUT2D eigenvalue weighted by Crippen LogP contribution is 2.29. The summed E-state index contributed by atoms with van der Waals surface area (Å²) < 4.78 is 1.38. The Balaban J connectivity index is 1.46. The summed E-state index contributed by atoms with van der Waals surface area (Å²) in [7, 11) is 0. The molecule has 0 aliphatic carbocycles. The predicted molar refractivity (Wildman–Crippen MR) is 130 cm³/mol. The number of benzene rings is 2. The summed E-state index contributed by atoms with van der Waals surface area (Å²) in [5.74, 6) is 0.339. The van der Waals surface area contributed by atoms with Crippen molar-refractivity contribution in [1.29, 1.82) is 0 Å². The number of amides is 1. The van der Waals surface area contributed by atoms with Gasteiger partial charge < -0.3 is 4.90 Å². The summed E-state index contributed by atoms with van der Waals surface area (Å²) in [6.07, 6.45) is 3.98. The molecule has 8 heteroatoms. The lowest BCUT2D eigenvalue weighted by Crippen LogP contribution is -2.36. The molecule has 2 aromatic carbocycles. The normalized spacial score (nSPS) is 14.6. The number of Topliss-reactive ketones (excluding diaryl/α,β-unsaturated/α-hetero) is 1. The van der Waals surface area contributed by atoms with Crippen LogP contribution in [0.4, 0.5) is 0 Å². The molecule has 0 N–H and O–H groups in total. The van der Waals surface area contributed by atoms with E-state index in [1.54, 1.807) is 19.1 Å². The third-order valence-electron chi connectivity index (χ3n) is 6.28. The minimum absolute atomic E-state index is 0.0235. The number of carbonyl (C=O) groups is 2. The number of hydrogen-bond acceptors (Lipinski definition) is 4. The minimum atomic E-state index is -0.217. The van der Waals surface area contributed by atoms with Crippen molar-refractivity contribution in [3.63, 3.8) is 0 Å². The number of aryl methyl sites for hydroxylation is 1. The number of piperidine rings is 1. The number of likely N-dealkylation sites (tertiary alicyclic amines) is 1. The molecule has 0 unspecified atom stereocenters. The second-order valence-electron chi connectivity index (χ2n) is 8.52. The van der Waals surface area contributed by atoms with Gasteiger partial charge in [-0.1, -0.05) is 35.3 Å². The molecule has 33 heavy (non-hydrogen) atoms. The van der Waals surface area contributed by atoms with E-state index in [2.05, 4.69) is 4.98 Å². The van der Waals surface area contributed by atoms with Gasteiger partial charge in [0, 0.05) is 26.4 Å². The Morgan fingerprint density at radius 3 is 2.52 bits per heavy atom. The molecule has 1 amide bonds. The van der Waals surface area contributed by atoms with Crippen LogP contribution in [0.1, 0.15) is 43.2 Å². The van der Waals surface area contributed by atoms with Crippen molar-refractivity contribution in [3.05, 3.63) is 74.3 Å². The minimum Gasteiger partial charge on any atom is -0.343 e. The van der Waals surface area contributed by atoms with Crippen molar-refractivity contribution in [2.24, 2.45) is 0 Å². The topological polar surface area (TPSA) is 72.3 Å². The lowest BCUT2D eigenvalue weighted by molar-refractivity contribution is -0.129. The fourth-order valence-corrected chi connectivity index (χ4v) is 4.64. The monoisotopic (exact) mass is 485 g/mol. The summed E-state index contributed by atoms with van der Waals surface area (Å²) >= 11 is 12.0. The van der Waals surface area contributed by atoms with Crippen LogP contribution in [-0.2, 0) is 22.6 Å². The molecule has 0 spiro atoms. The predicted octanol–water partition coefficient (Wildman–Crippen LogP) is 4.63. The van der Waals surface area contributed by atoms with Crippen LogP contribution >= 0.6 is 23.2 Å². The molecular weight excluding hydrogens is 461 g/mol. The van der Waals surface area contributed by atoms with Gasteiger partial charge in [0.25, 0.3) is 5.56 Å². The number of hydrogen-bond donors (Lipinski definition) is 0. The molecule has 0 radical (unpaired) electrons. The van der Waals surface area contributed by atoms with E-state index in [0.29, 0.717) is 33.3 Å². The van der Waals surface area contributed by atoms with E-state index in [1.807, 2.05) is 29.2 Å². The molecular formula is C25H25Cl2N3O3. The molecule has 172 valence electrons. The molecule has 0 saturated carbocycles. The van der Waals surface area contributed by atoms with Crippen molar-refractivity contribution in [3.8, 4) is 0 Å². The lowest BCUT2D eigenvalue weighted by Gasteiger charge is -2.31. The van der Waals surface area contributed by atoms with Gasteiger partial charge >= 0.3 is 0 Å². The first-order chi connectivity index (χ1) is 15.8. The molecule has 1 aromatic heterocycles. The average Bonchev–Trinajstić information content (AvgIpc) is 2.81. The molecule has 1 saturated heterocycles. The van der Waals surface area contributed by atoms with Crippen LogP contribution in [0.2, 0.25) is 10.0 Å². The Morgan fingerprint density at radius 2 is 1.82 bits per heavy atom. The summed E-state index contributed by atoms with van der Waals surface area (Å²) in [6.45, 7) is 3.02. The van der Waals surface area contributed by atoms with Crippen LogP contribution in [0, 0.1) is 0 Å². The average molecular weight is 486 g/mol. The number of halogens is 2. The van der Waals surface area contributed by atoms with Gasteiger partial charge in [0.15, 0.2) is 5.78 Å². The highest BCUT2D eigenvalue weighted by Gasteiger charge is 2.22. The number of aromatic nitrogens is 2. The van der Waals surface area contributed by atoms with E-state index in [0.717, 1.165) is 37.1 Å². The highest BCUT2D eigenvalue weighted by atomic mass is 35.5. The Morgan fingerprint density at radius 1 is 1.06 bits per heavy atom. The first-order valence-corrected chi connectivity index (χ1v) is 11.8. The van der Waals surface area contributed by atoms with Gasteiger partial charge in [-0.2, -0.15) is 0 Å². The molecule has 4 rings (SSSR count). The second kappa shape index (κ2) is 10.1. The Kier molecular flexibility index (Phi) is 7.15. The van der Waals surface area contributed by atoms with Gasteiger partial charge in [0.05, 0.1) is 33.8 Å². The van der Waals surface area contributed by atoms with Crippen LogP contribution in [0.3, 0.4) is 0 Å². The third-order valence-corrected chi connectivity index (χ3v) is 7.02. The molecule has 1 fully saturated rings. The Labute approximate surface area is 202 Å². The number of ketones is 1. The van der Waals surface area contributed by atoms with Crippen molar-refractivity contribution < 1.29 is 9.59 Å². The Hall–Kier alpha value is -2.70. The van der Waals surface area contributed by atoms with Gasteiger partial charge in [0.2, 0.25) is 5.91 Å². The quantitative estimate of drug-likeness (QED) is 0.510. The molecule has 0 bridgehead atoms. The number of rotatable bonds is 6. The second-order valence-corrected chi connectivity index (χ2v) is 9.34. The SMILES string of the molecule is CC(=O)N1CCC(c2ccc3ncn(CC(=O)CCc4ccc(Cl)c(Cl)c4)c(=O)c3c2)CC1. The molecule has 1 aliphatic rings. The van der Waals surface area contributed by atoms with E-state index in [1.165, 1.54) is 10.9 Å². The fraction of sp³-hybridized carbons (Fsp3) is 0.360. The number of fused-ring (bicyclic) bond motifs is 1. The summed E-state index contributed by atoms with van der Waals surface area (Å²) in [6, 6.07) is 11.1. The largest absolute Gasteiger partial charge is 0.343 e. The van der Waals surface area contributed by atoms with E-state index < -0.39 is 0 Å². The molecule has 6 nitrogen and oxygen atoms in total. The highest BCUT2D eigenvalue weighted by molar-refractivity contribution is 6.42. The van der Waals surface area contributed by atoms with Crippen LogP contribution in [0.25, 0.3) is 10.9 Å². The van der Waals surface area contributed by atoms with Crippen LogP contribution in [0.5, 0.6) is 0 Å². The van der Waals surface area contributed by atoms with Crippen molar-refractivity contribution in [1.82, 2.24) is 14.5 Å². The van der Waals surface area contributed by atoms with Crippen LogP contribution in [0.15, 0.2) is 47.5 Å². The lowest BCUT2D eigenvalue weighted by atomic mass is 9.89. The van der Waals surface area contributed by atoms with Crippen molar-refractivity contribution in [2.75, 3.05) is 13.1 Å². The van der Waals surface area contributed by atoms with Gasteiger partial charge in [-0.15, -0.1) is 0 Å². The number of nitrogens with zero attached hydrogens (tertiary/aromatic N) is 3. The standard InChI is InChI=1S/C25H25Cl2N3O3/c1-16(31)29-10-8-18(9-11-29)19-4-7-24-21(13-19)25(33)30(15-28-24)14-20(32)5-2-17-3-6-22(26)23(27)12-17/h3-4,6-7,12-13,15,18H,2,5,8-11,14H2,1H3. The number of carbonyl (C=O) groups excluding carboxylic acids is 2. The Bertz CT molecular complexity index is 1260. The molecule has 1 aliphatic heterocycles. The van der Waals surface area contributed by atoms with Crippen LogP contribution < -0.4 is 5.56 Å². The maximum atomic E-state index is 13.1. The third kappa shape index (κ3) is 5.45. The smallest absolute Gasteiger partial charge is 0.261 e. The first-order valence-electron chi connectivity index (χ1n) is 11.0. The molecule has 0 atom stereocenters. The summed E-state index contributed by atoms with van der Waals surface area (Å²) in [5, 5.41) is 1.45. The van der Waals surface area contributed by atoms with Gasteiger partial charge in [-0.05, 0) is 60.6 Å². The summed E-state index contributed by atoms with van der Waals surface area (Å²) in [5.41, 5.74) is 2.39.